The summed E-state index contributed by atoms with van der Waals surface area (Å²) >= 11 is 0. The number of nitrogens with zero attached hydrogens (tertiary/aromatic N) is 1. The van der Waals surface area contributed by atoms with Crippen molar-refractivity contribution < 1.29 is 23.8 Å². The van der Waals surface area contributed by atoms with Crippen molar-refractivity contribution in [3.8, 4) is 11.5 Å². The van der Waals surface area contributed by atoms with Crippen LogP contribution in [0.3, 0.4) is 0 Å². The number of carbonyl (C=O) groups excluding carboxylic acids is 2. The molecule has 114 valence electrons. The Morgan fingerprint density at radius 2 is 2.00 bits per heavy atom. The van der Waals surface area contributed by atoms with Crippen LogP contribution in [0.1, 0.15) is 30.6 Å². The number of carbonyl (C=O) groups is 2. The third-order valence-electron chi connectivity index (χ3n) is 3.29. The van der Waals surface area contributed by atoms with Crippen LogP contribution in [0.5, 0.6) is 11.5 Å². The second kappa shape index (κ2) is 6.47. The molecular formula is C15H19NO5. The Morgan fingerprint density at radius 3 is 2.67 bits per heavy atom. The minimum atomic E-state index is -0.334. The van der Waals surface area contributed by atoms with Crippen LogP contribution >= 0.6 is 0 Å². The quantitative estimate of drug-likeness (QED) is 0.775. The number of esters is 1. The fourth-order valence-electron chi connectivity index (χ4n) is 2.10. The van der Waals surface area contributed by atoms with Crippen molar-refractivity contribution >= 4 is 11.9 Å². The normalized spacial score (nSPS) is 12.4. The Bertz CT molecular complexity index is 541. The highest BCUT2D eigenvalue weighted by Gasteiger charge is 2.22. The Hall–Kier alpha value is -2.24. The van der Waals surface area contributed by atoms with Crippen LogP contribution in [0.2, 0.25) is 0 Å². The molecule has 0 atom stereocenters. The maximum atomic E-state index is 12.6. The second-order valence-corrected chi connectivity index (χ2v) is 4.99. The SMILES string of the molecule is COC(=O)CCN(C(=O)c1ccc2c(c1)OCO2)C(C)C. The zero-order valence-corrected chi connectivity index (χ0v) is 12.4. The van der Waals surface area contributed by atoms with Gasteiger partial charge in [-0.25, -0.2) is 0 Å². The molecule has 0 radical (unpaired) electrons. The zero-order valence-electron chi connectivity index (χ0n) is 12.4. The van der Waals surface area contributed by atoms with Crippen molar-refractivity contribution in [2.24, 2.45) is 0 Å². The van der Waals surface area contributed by atoms with Gasteiger partial charge in [0.1, 0.15) is 0 Å². The van der Waals surface area contributed by atoms with Crippen LogP contribution in [-0.4, -0.2) is 43.3 Å². The molecule has 0 saturated heterocycles. The molecule has 0 aromatic heterocycles. The van der Waals surface area contributed by atoms with E-state index in [2.05, 4.69) is 4.74 Å². The predicted molar refractivity (Wildman–Crippen MR) is 75.4 cm³/mol. The molecule has 1 aliphatic heterocycles. The first-order valence-electron chi connectivity index (χ1n) is 6.80. The first kappa shape index (κ1) is 15.2. The van der Waals surface area contributed by atoms with E-state index in [1.54, 1.807) is 23.1 Å². The molecule has 0 fully saturated rings. The minimum Gasteiger partial charge on any atom is -0.469 e. The maximum Gasteiger partial charge on any atom is 0.307 e. The molecule has 1 aliphatic rings. The summed E-state index contributed by atoms with van der Waals surface area (Å²) in [7, 11) is 1.34. The van der Waals surface area contributed by atoms with E-state index in [4.69, 9.17) is 9.47 Å². The molecule has 6 nitrogen and oxygen atoms in total. The lowest BCUT2D eigenvalue weighted by Gasteiger charge is -2.26. The highest BCUT2D eigenvalue weighted by molar-refractivity contribution is 5.95. The molecule has 0 spiro atoms. The van der Waals surface area contributed by atoms with Crippen molar-refractivity contribution in [2.75, 3.05) is 20.4 Å². The Labute approximate surface area is 123 Å². The van der Waals surface area contributed by atoms with Crippen molar-refractivity contribution in [1.82, 2.24) is 4.90 Å². The van der Waals surface area contributed by atoms with Gasteiger partial charge in [0.05, 0.1) is 13.5 Å². The number of fused-ring (bicyclic) bond motifs is 1. The summed E-state index contributed by atoms with van der Waals surface area (Å²) in [5.41, 5.74) is 0.512. The van der Waals surface area contributed by atoms with Gasteiger partial charge in [0.2, 0.25) is 6.79 Å². The van der Waals surface area contributed by atoms with E-state index in [-0.39, 0.29) is 31.1 Å². The van der Waals surface area contributed by atoms with Gasteiger partial charge >= 0.3 is 5.97 Å². The molecule has 2 rings (SSSR count). The van der Waals surface area contributed by atoms with Crippen molar-refractivity contribution in [3.63, 3.8) is 0 Å². The summed E-state index contributed by atoms with van der Waals surface area (Å²) in [6.45, 7) is 4.30. The van der Waals surface area contributed by atoms with E-state index in [9.17, 15) is 9.59 Å². The van der Waals surface area contributed by atoms with Gasteiger partial charge in [-0.2, -0.15) is 0 Å². The lowest BCUT2D eigenvalue weighted by atomic mass is 10.1. The first-order chi connectivity index (χ1) is 10.0. The molecule has 1 aromatic carbocycles. The van der Waals surface area contributed by atoms with Crippen LogP contribution in [0.25, 0.3) is 0 Å². The number of benzene rings is 1. The largest absolute Gasteiger partial charge is 0.469 e. The highest BCUT2D eigenvalue weighted by Crippen LogP contribution is 2.32. The highest BCUT2D eigenvalue weighted by atomic mass is 16.7. The first-order valence-corrected chi connectivity index (χ1v) is 6.80. The lowest BCUT2D eigenvalue weighted by Crippen LogP contribution is -2.38. The van der Waals surface area contributed by atoms with Crippen LogP contribution in [0.4, 0.5) is 0 Å². The number of rotatable bonds is 5. The van der Waals surface area contributed by atoms with Crippen LogP contribution in [0.15, 0.2) is 18.2 Å². The Morgan fingerprint density at radius 1 is 1.29 bits per heavy atom. The molecule has 0 saturated carbocycles. The minimum absolute atomic E-state index is 0.0208. The average molecular weight is 293 g/mol. The molecule has 0 bridgehead atoms. The topological polar surface area (TPSA) is 65.1 Å². The van der Waals surface area contributed by atoms with Crippen molar-refractivity contribution in [3.05, 3.63) is 23.8 Å². The molecule has 0 N–H and O–H groups in total. The monoisotopic (exact) mass is 293 g/mol. The van der Waals surface area contributed by atoms with E-state index in [1.807, 2.05) is 13.8 Å². The molecule has 0 aliphatic carbocycles. The fraction of sp³-hybridized carbons (Fsp3) is 0.467. The van der Waals surface area contributed by atoms with E-state index < -0.39 is 0 Å². The van der Waals surface area contributed by atoms with Gasteiger partial charge in [-0.15, -0.1) is 0 Å². The summed E-state index contributed by atoms with van der Waals surface area (Å²) in [6, 6.07) is 5.06. The standard InChI is InChI=1S/C15H19NO5/c1-10(2)16(7-6-14(17)19-3)15(18)11-4-5-12-13(8-11)21-9-20-12/h4-5,8,10H,6-7,9H2,1-3H3. The Kier molecular flexibility index (Phi) is 4.67. The van der Waals surface area contributed by atoms with Gasteiger partial charge in [-0.3, -0.25) is 9.59 Å². The number of ether oxygens (including phenoxy) is 3. The summed E-state index contributed by atoms with van der Waals surface area (Å²) < 4.78 is 15.1. The molecule has 1 heterocycles. The summed E-state index contributed by atoms with van der Waals surface area (Å²) in [5, 5.41) is 0. The summed E-state index contributed by atoms with van der Waals surface area (Å²) in [4.78, 5) is 25.5. The van der Waals surface area contributed by atoms with Gasteiger partial charge in [-0.05, 0) is 32.0 Å². The van der Waals surface area contributed by atoms with Crippen LogP contribution in [0, 0.1) is 0 Å². The molecule has 1 aromatic rings. The van der Waals surface area contributed by atoms with Crippen LogP contribution in [-0.2, 0) is 9.53 Å². The second-order valence-electron chi connectivity index (χ2n) is 4.99. The number of hydrogen-bond donors (Lipinski definition) is 0. The van der Waals surface area contributed by atoms with E-state index in [1.165, 1.54) is 7.11 Å². The molecule has 1 amide bonds. The summed E-state index contributed by atoms with van der Waals surface area (Å²) in [5.74, 6) is 0.723. The van der Waals surface area contributed by atoms with Gasteiger partial charge in [-0.1, -0.05) is 0 Å². The molecule has 6 heteroatoms. The molecule has 0 unspecified atom stereocenters. The van der Waals surface area contributed by atoms with Gasteiger partial charge in [0.15, 0.2) is 11.5 Å². The fourth-order valence-corrected chi connectivity index (χ4v) is 2.10. The number of hydrogen-bond acceptors (Lipinski definition) is 5. The molecular weight excluding hydrogens is 274 g/mol. The molecule has 21 heavy (non-hydrogen) atoms. The van der Waals surface area contributed by atoms with E-state index in [0.29, 0.717) is 23.6 Å². The zero-order chi connectivity index (χ0) is 15.4. The number of amides is 1. The van der Waals surface area contributed by atoms with Crippen molar-refractivity contribution in [1.29, 1.82) is 0 Å². The van der Waals surface area contributed by atoms with E-state index >= 15 is 0 Å². The average Bonchev–Trinajstić information content (AvgIpc) is 2.93. The lowest BCUT2D eigenvalue weighted by molar-refractivity contribution is -0.140. The van der Waals surface area contributed by atoms with Gasteiger partial charge < -0.3 is 19.1 Å². The summed E-state index contributed by atoms with van der Waals surface area (Å²) in [6.07, 6.45) is 0.172. The third kappa shape index (κ3) is 3.45. The van der Waals surface area contributed by atoms with Gasteiger partial charge in [0, 0.05) is 18.2 Å². The third-order valence-corrected chi connectivity index (χ3v) is 3.29. The van der Waals surface area contributed by atoms with Gasteiger partial charge in [0.25, 0.3) is 5.91 Å². The predicted octanol–water partition coefficient (Wildman–Crippen LogP) is 1.83. The van der Waals surface area contributed by atoms with Crippen molar-refractivity contribution in [2.45, 2.75) is 26.3 Å². The Balaban J connectivity index is 2.12. The number of methoxy groups -OCH3 is 1. The maximum absolute atomic E-state index is 12.6. The smallest absolute Gasteiger partial charge is 0.307 e. The van der Waals surface area contributed by atoms with Crippen LogP contribution < -0.4 is 9.47 Å². The van der Waals surface area contributed by atoms with E-state index in [0.717, 1.165) is 0 Å².